The van der Waals surface area contributed by atoms with Crippen molar-refractivity contribution in [2.45, 2.75) is 31.9 Å². The summed E-state index contributed by atoms with van der Waals surface area (Å²) >= 11 is 0. The molecule has 0 bridgehead atoms. The number of alkyl halides is 3. The lowest BCUT2D eigenvalue weighted by molar-refractivity contribution is -0.133. The van der Waals surface area contributed by atoms with E-state index in [9.17, 15) is 13.2 Å². The van der Waals surface area contributed by atoms with Gasteiger partial charge in [-0.15, -0.1) is 12.3 Å². The summed E-state index contributed by atoms with van der Waals surface area (Å²) in [5, 5.41) is 2.71. The molecule has 0 aliphatic heterocycles. The first-order chi connectivity index (χ1) is 6.06. The average molecular weight is 193 g/mol. The number of rotatable bonds is 6. The van der Waals surface area contributed by atoms with Crippen LogP contribution in [0.3, 0.4) is 0 Å². The van der Waals surface area contributed by atoms with Crippen LogP contribution >= 0.6 is 0 Å². The quantitative estimate of drug-likeness (QED) is 0.504. The smallest absolute Gasteiger partial charge is 0.316 e. The lowest BCUT2D eigenvalue weighted by Crippen LogP contribution is -2.22. The van der Waals surface area contributed by atoms with E-state index in [1.165, 1.54) is 0 Å². The van der Waals surface area contributed by atoms with Crippen molar-refractivity contribution in [2.75, 3.05) is 13.1 Å². The molecule has 0 fully saturated rings. The molecule has 0 heterocycles. The highest BCUT2D eigenvalue weighted by Gasteiger charge is 2.25. The molecule has 13 heavy (non-hydrogen) atoms. The predicted octanol–water partition coefficient (Wildman–Crippen LogP) is 2.33. The molecule has 0 rings (SSSR count). The molecule has 0 radical (unpaired) electrons. The Morgan fingerprint density at radius 3 is 2.38 bits per heavy atom. The molecule has 0 aromatic rings. The summed E-state index contributed by atoms with van der Waals surface area (Å²) in [6.07, 6.45) is 2.60. The van der Waals surface area contributed by atoms with Crippen LogP contribution < -0.4 is 5.32 Å². The van der Waals surface area contributed by atoms with Gasteiger partial charge in [-0.3, -0.25) is 0 Å². The van der Waals surface area contributed by atoms with Crippen molar-refractivity contribution in [3.63, 3.8) is 0 Å². The third kappa shape index (κ3) is 11.3. The molecule has 0 unspecified atom stereocenters. The maximum atomic E-state index is 11.6. The maximum Gasteiger partial charge on any atom is 0.390 e. The number of hydrogen-bond acceptors (Lipinski definition) is 1. The van der Waals surface area contributed by atoms with Gasteiger partial charge in [-0.25, -0.2) is 0 Å². The molecular weight excluding hydrogens is 179 g/mol. The number of terminal acetylenes is 1. The second-order valence-corrected chi connectivity index (χ2v) is 2.78. The van der Waals surface area contributed by atoms with Crippen molar-refractivity contribution in [2.24, 2.45) is 0 Å². The van der Waals surface area contributed by atoms with E-state index in [0.29, 0.717) is 13.0 Å². The largest absolute Gasteiger partial charge is 0.390 e. The van der Waals surface area contributed by atoms with E-state index in [4.69, 9.17) is 6.42 Å². The van der Waals surface area contributed by atoms with Crippen LogP contribution in [0.1, 0.15) is 25.7 Å². The van der Waals surface area contributed by atoms with E-state index < -0.39 is 12.6 Å². The normalized spacial score (nSPS) is 11.2. The van der Waals surface area contributed by atoms with E-state index in [1.807, 2.05) is 0 Å². The van der Waals surface area contributed by atoms with Gasteiger partial charge in [0.15, 0.2) is 0 Å². The Morgan fingerprint density at radius 1 is 1.15 bits per heavy atom. The van der Waals surface area contributed by atoms with Crippen LogP contribution in [0, 0.1) is 12.3 Å². The molecular formula is C9H14F3N. The van der Waals surface area contributed by atoms with Gasteiger partial charge in [0, 0.05) is 13.0 Å². The van der Waals surface area contributed by atoms with Crippen molar-refractivity contribution in [3.05, 3.63) is 0 Å². The second-order valence-electron chi connectivity index (χ2n) is 2.78. The highest BCUT2D eigenvalue weighted by Crippen LogP contribution is 2.17. The van der Waals surface area contributed by atoms with Crippen molar-refractivity contribution in [1.82, 2.24) is 5.32 Å². The second kappa shape index (κ2) is 6.79. The third-order valence-electron chi connectivity index (χ3n) is 1.51. The fourth-order valence-corrected chi connectivity index (χ4v) is 0.832. The van der Waals surface area contributed by atoms with Gasteiger partial charge in [-0.1, -0.05) is 0 Å². The van der Waals surface area contributed by atoms with Crippen molar-refractivity contribution < 1.29 is 13.2 Å². The Bertz CT molecular complexity index is 157. The van der Waals surface area contributed by atoms with Gasteiger partial charge in [0.2, 0.25) is 0 Å². The minimum absolute atomic E-state index is 0.000443. The van der Waals surface area contributed by atoms with Crippen LogP contribution in [-0.4, -0.2) is 19.3 Å². The summed E-state index contributed by atoms with van der Waals surface area (Å²) in [5.41, 5.74) is 0. The molecule has 1 N–H and O–H groups in total. The molecule has 0 aromatic heterocycles. The van der Waals surface area contributed by atoms with E-state index >= 15 is 0 Å². The van der Waals surface area contributed by atoms with Crippen molar-refractivity contribution >= 4 is 0 Å². The molecule has 0 saturated heterocycles. The molecule has 0 spiro atoms. The van der Waals surface area contributed by atoms with Crippen LogP contribution in [0.15, 0.2) is 0 Å². The van der Waals surface area contributed by atoms with Crippen LogP contribution in [0.5, 0.6) is 0 Å². The Balaban J connectivity index is 3.05. The lowest BCUT2D eigenvalue weighted by atomic mass is 10.2. The molecule has 0 atom stereocenters. The minimum Gasteiger partial charge on any atom is -0.316 e. The Morgan fingerprint density at radius 2 is 1.85 bits per heavy atom. The van der Waals surface area contributed by atoms with Crippen LogP contribution in [0.25, 0.3) is 0 Å². The van der Waals surface area contributed by atoms with Gasteiger partial charge in [0.25, 0.3) is 0 Å². The van der Waals surface area contributed by atoms with Crippen LogP contribution in [0.4, 0.5) is 13.2 Å². The zero-order chi connectivity index (χ0) is 10.2. The Kier molecular flexibility index (Phi) is 6.43. The number of nitrogens with one attached hydrogen (secondary N) is 1. The number of unbranched alkanes of at least 4 members (excludes halogenated alkanes) is 2. The molecule has 4 heteroatoms. The Hall–Kier alpha value is -0.690. The first-order valence-electron chi connectivity index (χ1n) is 4.27. The standard InChI is InChI=1S/C9H14F3N/c1-2-3-4-5-7-13-8-6-9(10,11)12/h1,13H,3-8H2. The van der Waals surface area contributed by atoms with Crippen molar-refractivity contribution in [1.29, 1.82) is 0 Å². The fraction of sp³-hybridized carbons (Fsp3) is 0.778. The monoisotopic (exact) mass is 193 g/mol. The molecule has 0 amide bonds. The zero-order valence-corrected chi connectivity index (χ0v) is 7.45. The third-order valence-corrected chi connectivity index (χ3v) is 1.51. The summed E-state index contributed by atoms with van der Waals surface area (Å²) in [7, 11) is 0. The summed E-state index contributed by atoms with van der Waals surface area (Å²) < 4.78 is 34.9. The van der Waals surface area contributed by atoms with Gasteiger partial charge in [-0.05, 0) is 19.4 Å². The molecule has 0 saturated carbocycles. The highest BCUT2D eigenvalue weighted by molar-refractivity contribution is 4.82. The number of hydrogen-bond donors (Lipinski definition) is 1. The van der Waals surface area contributed by atoms with Gasteiger partial charge >= 0.3 is 6.18 Å². The lowest BCUT2D eigenvalue weighted by Gasteiger charge is -2.06. The minimum atomic E-state index is -4.05. The van der Waals surface area contributed by atoms with Gasteiger partial charge in [0.05, 0.1) is 6.42 Å². The van der Waals surface area contributed by atoms with E-state index in [0.717, 1.165) is 12.8 Å². The summed E-state index contributed by atoms with van der Waals surface area (Å²) in [5.74, 6) is 2.48. The van der Waals surface area contributed by atoms with Gasteiger partial charge < -0.3 is 5.32 Å². The van der Waals surface area contributed by atoms with E-state index in [1.54, 1.807) is 0 Å². The summed E-state index contributed by atoms with van der Waals surface area (Å²) in [4.78, 5) is 0. The van der Waals surface area contributed by atoms with Crippen molar-refractivity contribution in [3.8, 4) is 12.3 Å². The predicted molar refractivity (Wildman–Crippen MR) is 46.2 cm³/mol. The highest BCUT2D eigenvalue weighted by atomic mass is 19.4. The first kappa shape index (κ1) is 12.3. The molecule has 1 nitrogen and oxygen atoms in total. The van der Waals surface area contributed by atoms with Gasteiger partial charge in [-0.2, -0.15) is 13.2 Å². The Labute approximate surface area is 76.7 Å². The SMILES string of the molecule is C#CCCCCNCCC(F)(F)F. The summed E-state index contributed by atoms with van der Waals surface area (Å²) in [6.45, 7) is 0.608. The summed E-state index contributed by atoms with van der Waals surface area (Å²) in [6, 6.07) is 0. The molecule has 0 aliphatic carbocycles. The van der Waals surface area contributed by atoms with Crippen LogP contribution in [0.2, 0.25) is 0 Å². The topological polar surface area (TPSA) is 12.0 Å². The average Bonchev–Trinajstić information content (AvgIpc) is 2.01. The van der Waals surface area contributed by atoms with Crippen LogP contribution in [-0.2, 0) is 0 Å². The maximum absolute atomic E-state index is 11.6. The fourth-order valence-electron chi connectivity index (χ4n) is 0.832. The molecule has 76 valence electrons. The number of halogens is 3. The molecule has 0 aliphatic rings. The molecule has 0 aromatic carbocycles. The van der Waals surface area contributed by atoms with E-state index in [2.05, 4.69) is 11.2 Å². The zero-order valence-electron chi connectivity index (χ0n) is 7.45. The van der Waals surface area contributed by atoms with Gasteiger partial charge in [0.1, 0.15) is 0 Å². The first-order valence-corrected chi connectivity index (χ1v) is 4.27. The van der Waals surface area contributed by atoms with E-state index in [-0.39, 0.29) is 6.54 Å².